The van der Waals surface area contributed by atoms with Gasteiger partial charge < -0.3 is 4.52 Å². The van der Waals surface area contributed by atoms with E-state index in [0.29, 0.717) is 17.3 Å². The predicted molar refractivity (Wildman–Crippen MR) is 74.6 cm³/mol. The first kappa shape index (κ1) is 13.2. The summed E-state index contributed by atoms with van der Waals surface area (Å²) in [5, 5.41) is 8.26. The van der Waals surface area contributed by atoms with Crippen molar-refractivity contribution < 1.29 is 4.52 Å². The van der Waals surface area contributed by atoms with Gasteiger partial charge in [0.25, 0.3) is 5.56 Å². The number of hydrogen-bond donors (Lipinski definition) is 0. The highest BCUT2D eigenvalue weighted by Crippen LogP contribution is 2.23. The highest BCUT2D eigenvalue weighted by molar-refractivity contribution is 5.62. The number of hydrogen-bond acceptors (Lipinski definition) is 6. The molecule has 0 unspecified atom stereocenters. The molecule has 7 heteroatoms. The first-order valence-electron chi connectivity index (χ1n) is 6.42. The average Bonchev–Trinajstić information content (AvgIpc) is 2.82. The molecular formula is C14H13N5O2. The van der Waals surface area contributed by atoms with Crippen LogP contribution in [0, 0.1) is 13.8 Å². The molecule has 0 aliphatic rings. The van der Waals surface area contributed by atoms with Crippen LogP contribution in [-0.2, 0) is 6.54 Å². The Labute approximate surface area is 120 Å². The fraction of sp³-hybridized carbons (Fsp3) is 0.214. The third-order valence-electron chi connectivity index (χ3n) is 3.07. The summed E-state index contributed by atoms with van der Waals surface area (Å²) in [5.74, 6) is 1.20. The largest absolute Gasteiger partial charge is 0.361 e. The smallest absolute Gasteiger partial charge is 0.267 e. The van der Waals surface area contributed by atoms with Gasteiger partial charge in [-0.05, 0) is 26.0 Å². The Morgan fingerprint density at radius 3 is 2.62 bits per heavy atom. The van der Waals surface area contributed by atoms with Gasteiger partial charge in [-0.15, -0.1) is 0 Å². The fourth-order valence-corrected chi connectivity index (χ4v) is 2.09. The van der Waals surface area contributed by atoms with Crippen molar-refractivity contribution in [3.63, 3.8) is 0 Å². The van der Waals surface area contributed by atoms with Gasteiger partial charge >= 0.3 is 0 Å². The molecule has 3 aromatic rings. The number of nitrogens with zero attached hydrogens (tertiary/aromatic N) is 5. The molecule has 0 aromatic carbocycles. The van der Waals surface area contributed by atoms with E-state index in [1.54, 1.807) is 24.5 Å². The van der Waals surface area contributed by atoms with Crippen molar-refractivity contribution in [2.75, 3.05) is 0 Å². The molecular weight excluding hydrogens is 270 g/mol. The maximum Gasteiger partial charge on any atom is 0.267 e. The van der Waals surface area contributed by atoms with Gasteiger partial charge in [-0.3, -0.25) is 4.79 Å². The van der Waals surface area contributed by atoms with Crippen LogP contribution in [0.1, 0.15) is 17.3 Å². The van der Waals surface area contributed by atoms with Gasteiger partial charge in [0, 0.05) is 18.5 Å². The standard InChI is InChI=1S/C14H13N5O2/c1-9-14(10(2)21-18-9)11-4-5-13(20)19(17-11)8-12-15-6-3-7-16-12/h3-7H,8H2,1-2H3. The third-order valence-corrected chi connectivity index (χ3v) is 3.07. The van der Waals surface area contributed by atoms with Crippen LogP contribution in [0.4, 0.5) is 0 Å². The van der Waals surface area contributed by atoms with Crippen LogP contribution in [0.5, 0.6) is 0 Å². The number of aryl methyl sites for hydroxylation is 2. The Kier molecular flexibility index (Phi) is 3.31. The van der Waals surface area contributed by atoms with E-state index < -0.39 is 0 Å². The Bertz CT molecular complexity index is 803. The summed E-state index contributed by atoms with van der Waals surface area (Å²) in [7, 11) is 0. The summed E-state index contributed by atoms with van der Waals surface area (Å²) in [6, 6.07) is 4.86. The van der Waals surface area contributed by atoms with Crippen LogP contribution in [0.3, 0.4) is 0 Å². The minimum Gasteiger partial charge on any atom is -0.361 e. The topological polar surface area (TPSA) is 86.7 Å². The lowest BCUT2D eigenvalue weighted by atomic mass is 10.1. The quantitative estimate of drug-likeness (QED) is 0.721. The Hall–Kier alpha value is -2.83. The maximum absolute atomic E-state index is 11.9. The number of aromatic nitrogens is 5. The van der Waals surface area contributed by atoms with Crippen LogP contribution < -0.4 is 5.56 Å². The highest BCUT2D eigenvalue weighted by Gasteiger charge is 2.14. The van der Waals surface area contributed by atoms with E-state index in [9.17, 15) is 4.79 Å². The zero-order valence-electron chi connectivity index (χ0n) is 11.6. The molecule has 7 nitrogen and oxygen atoms in total. The van der Waals surface area contributed by atoms with Gasteiger partial charge in [-0.1, -0.05) is 5.16 Å². The van der Waals surface area contributed by atoms with Crippen LogP contribution in [0.15, 0.2) is 39.9 Å². The van der Waals surface area contributed by atoms with E-state index in [2.05, 4.69) is 20.2 Å². The van der Waals surface area contributed by atoms with Crippen LogP contribution in [0.25, 0.3) is 11.3 Å². The minimum absolute atomic E-state index is 0.210. The lowest BCUT2D eigenvalue weighted by Gasteiger charge is -2.05. The Morgan fingerprint density at radius 2 is 1.95 bits per heavy atom. The zero-order chi connectivity index (χ0) is 14.8. The molecule has 3 heterocycles. The monoisotopic (exact) mass is 283 g/mol. The molecule has 0 aliphatic carbocycles. The van der Waals surface area contributed by atoms with Crippen molar-refractivity contribution in [2.45, 2.75) is 20.4 Å². The van der Waals surface area contributed by atoms with Crippen molar-refractivity contribution in [3.05, 3.63) is 58.2 Å². The Balaban J connectivity index is 2.03. The first-order chi connectivity index (χ1) is 10.1. The SMILES string of the molecule is Cc1noc(C)c1-c1ccc(=O)n(Cc2ncccn2)n1. The van der Waals surface area contributed by atoms with E-state index in [-0.39, 0.29) is 12.1 Å². The van der Waals surface area contributed by atoms with Gasteiger partial charge in [0.1, 0.15) is 18.1 Å². The first-order valence-corrected chi connectivity index (χ1v) is 6.42. The van der Waals surface area contributed by atoms with Crippen LogP contribution >= 0.6 is 0 Å². The van der Waals surface area contributed by atoms with Crippen molar-refractivity contribution in [3.8, 4) is 11.3 Å². The van der Waals surface area contributed by atoms with Crippen molar-refractivity contribution in [1.82, 2.24) is 24.9 Å². The lowest BCUT2D eigenvalue weighted by molar-refractivity contribution is 0.393. The second-order valence-corrected chi connectivity index (χ2v) is 4.58. The molecule has 0 radical (unpaired) electrons. The molecule has 0 atom stereocenters. The summed E-state index contributed by atoms with van der Waals surface area (Å²) in [4.78, 5) is 20.1. The third kappa shape index (κ3) is 2.58. The predicted octanol–water partition coefficient (Wildman–Crippen LogP) is 1.35. The zero-order valence-corrected chi connectivity index (χ0v) is 11.6. The molecule has 0 saturated carbocycles. The van der Waals surface area contributed by atoms with Gasteiger partial charge in [0.05, 0.1) is 17.0 Å². The molecule has 0 fully saturated rings. The summed E-state index contributed by atoms with van der Waals surface area (Å²) in [6.07, 6.45) is 3.26. The average molecular weight is 283 g/mol. The van der Waals surface area contributed by atoms with Gasteiger partial charge in [-0.25, -0.2) is 14.6 Å². The number of rotatable bonds is 3. The van der Waals surface area contributed by atoms with Crippen molar-refractivity contribution in [1.29, 1.82) is 0 Å². The van der Waals surface area contributed by atoms with E-state index >= 15 is 0 Å². The molecule has 3 aromatic heterocycles. The second-order valence-electron chi connectivity index (χ2n) is 4.58. The lowest BCUT2D eigenvalue weighted by Crippen LogP contribution is -2.23. The highest BCUT2D eigenvalue weighted by atomic mass is 16.5. The maximum atomic E-state index is 11.9. The molecule has 21 heavy (non-hydrogen) atoms. The summed E-state index contributed by atoms with van der Waals surface area (Å²) in [6.45, 7) is 3.87. The molecule has 3 rings (SSSR count). The molecule has 0 spiro atoms. The minimum atomic E-state index is -0.210. The molecule has 0 amide bonds. The summed E-state index contributed by atoms with van der Waals surface area (Å²) >= 11 is 0. The van der Waals surface area contributed by atoms with Gasteiger partial charge in [0.15, 0.2) is 0 Å². The molecule has 0 N–H and O–H groups in total. The molecule has 0 bridgehead atoms. The molecule has 0 saturated heterocycles. The van der Waals surface area contributed by atoms with Crippen molar-refractivity contribution >= 4 is 0 Å². The van der Waals surface area contributed by atoms with Crippen LogP contribution in [0.2, 0.25) is 0 Å². The van der Waals surface area contributed by atoms with E-state index in [1.165, 1.54) is 10.7 Å². The molecule has 106 valence electrons. The van der Waals surface area contributed by atoms with E-state index in [0.717, 1.165) is 11.3 Å². The summed E-state index contributed by atoms with van der Waals surface area (Å²) in [5.41, 5.74) is 1.97. The van der Waals surface area contributed by atoms with Crippen molar-refractivity contribution in [2.24, 2.45) is 0 Å². The van der Waals surface area contributed by atoms with Crippen LogP contribution in [-0.4, -0.2) is 24.9 Å². The van der Waals surface area contributed by atoms with Gasteiger partial charge in [0.2, 0.25) is 0 Å². The van der Waals surface area contributed by atoms with Gasteiger partial charge in [-0.2, -0.15) is 5.10 Å². The Morgan fingerprint density at radius 1 is 1.19 bits per heavy atom. The molecule has 0 aliphatic heterocycles. The normalized spacial score (nSPS) is 10.8. The fourth-order valence-electron chi connectivity index (χ4n) is 2.09. The second kappa shape index (κ2) is 5.28. The van der Waals surface area contributed by atoms with E-state index in [1.807, 2.05) is 13.8 Å². The summed E-state index contributed by atoms with van der Waals surface area (Å²) < 4.78 is 6.47. The van der Waals surface area contributed by atoms with E-state index in [4.69, 9.17) is 4.52 Å².